The van der Waals surface area contributed by atoms with Gasteiger partial charge in [-0.1, -0.05) is 0 Å². The van der Waals surface area contributed by atoms with Crippen LogP contribution in [0.15, 0.2) is 0 Å². The minimum atomic E-state index is -4.67. The van der Waals surface area contributed by atoms with Crippen molar-refractivity contribution in [1.82, 2.24) is 4.90 Å². The molecule has 0 aromatic carbocycles. The van der Waals surface area contributed by atoms with E-state index in [0.717, 1.165) is 6.54 Å². The van der Waals surface area contributed by atoms with Crippen LogP contribution in [0.3, 0.4) is 0 Å². The van der Waals surface area contributed by atoms with Crippen LogP contribution in [0.1, 0.15) is 6.92 Å². The molecular weight excluding hydrogens is 186 g/mol. The van der Waals surface area contributed by atoms with E-state index in [1.807, 2.05) is 6.92 Å². The van der Waals surface area contributed by atoms with Crippen molar-refractivity contribution < 1.29 is 17.5 Å². The van der Waals surface area contributed by atoms with Crippen molar-refractivity contribution in [3.8, 4) is 0 Å². The third kappa shape index (κ3) is 22.9. The van der Waals surface area contributed by atoms with Gasteiger partial charge in [-0.3, -0.25) is 14.5 Å². The summed E-state index contributed by atoms with van der Waals surface area (Å²) in [7, 11) is -2.89. The molecule has 0 rings (SSSR count). The maximum atomic E-state index is 8.74. The molecule has 0 amide bonds. The van der Waals surface area contributed by atoms with E-state index in [4.69, 9.17) is 28.7 Å². The van der Waals surface area contributed by atoms with Gasteiger partial charge in [-0.15, -0.1) is 0 Å². The van der Waals surface area contributed by atoms with E-state index in [1.165, 1.54) is 0 Å². The molecule has 0 unspecified atom stereocenters. The highest BCUT2D eigenvalue weighted by molar-refractivity contribution is 7.79. The molecule has 0 radical (unpaired) electrons. The largest absolute Gasteiger partial charge is 0.394 e. The molecule has 0 aliphatic heterocycles. The molecule has 0 aromatic heterocycles. The van der Waals surface area contributed by atoms with Gasteiger partial charge < -0.3 is 10.6 Å². The van der Waals surface area contributed by atoms with E-state index in [9.17, 15) is 0 Å². The number of hydrogen-bond donors (Lipinski definition) is 4. The van der Waals surface area contributed by atoms with Crippen molar-refractivity contribution in [2.24, 2.45) is 5.73 Å². The average Bonchev–Trinajstić information content (AvgIpc) is 1.82. The molecule has 5 N–H and O–H groups in total. The Morgan fingerprint density at radius 1 is 1.58 bits per heavy atom. The predicted molar refractivity (Wildman–Crippen MR) is 44.4 cm³/mol. The first-order valence-corrected chi connectivity index (χ1v) is 4.33. The van der Waals surface area contributed by atoms with E-state index in [1.54, 1.807) is 11.9 Å². The fraction of sp³-hybridized carbons (Fsp3) is 0.750. The van der Waals surface area contributed by atoms with Gasteiger partial charge in [0, 0.05) is 13.6 Å². The van der Waals surface area contributed by atoms with Gasteiger partial charge in [-0.25, -0.2) is 0 Å². The molecule has 12 heavy (non-hydrogen) atoms. The summed E-state index contributed by atoms with van der Waals surface area (Å²) < 4.78 is 31.6. The van der Waals surface area contributed by atoms with E-state index in [-0.39, 0.29) is 5.96 Å². The third-order valence-corrected chi connectivity index (χ3v) is 0.886. The highest BCUT2D eigenvalue weighted by Gasteiger charge is 1.89. The Hall–Kier alpha value is -0.860. The van der Waals surface area contributed by atoms with Crippen molar-refractivity contribution in [2.75, 3.05) is 13.6 Å². The summed E-state index contributed by atoms with van der Waals surface area (Å²) in [6.45, 7) is 2.75. The second-order valence-corrected chi connectivity index (χ2v) is 2.74. The van der Waals surface area contributed by atoms with Gasteiger partial charge in [-0.2, -0.15) is 8.42 Å². The SMILES string of the molecule is CCN(C)C(=N)N.O=S(=O)(O)O. The lowest BCUT2D eigenvalue weighted by molar-refractivity contribution is 0.381. The zero-order valence-electron chi connectivity index (χ0n) is 6.85. The van der Waals surface area contributed by atoms with E-state index in [2.05, 4.69) is 0 Å². The van der Waals surface area contributed by atoms with E-state index < -0.39 is 10.4 Å². The number of guanidine groups is 1. The molecule has 0 aromatic rings. The molecule has 0 spiro atoms. The molecular formula is C4H13N3O4S. The molecule has 0 saturated carbocycles. The fourth-order valence-corrected chi connectivity index (χ4v) is 0.170. The zero-order valence-corrected chi connectivity index (χ0v) is 7.67. The minimum absolute atomic E-state index is 0.127. The quantitative estimate of drug-likeness (QED) is 0.248. The Kier molecular flexibility index (Phi) is 6.57. The Morgan fingerprint density at radius 3 is 1.83 bits per heavy atom. The van der Waals surface area contributed by atoms with Crippen molar-refractivity contribution in [1.29, 1.82) is 5.41 Å². The first-order chi connectivity index (χ1) is 5.18. The van der Waals surface area contributed by atoms with Gasteiger partial charge in [0.15, 0.2) is 5.96 Å². The lowest BCUT2D eigenvalue weighted by Gasteiger charge is -2.11. The van der Waals surface area contributed by atoms with Gasteiger partial charge in [0.05, 0.1) is 0 Å². The molecule has 0 bridgehead atoms. The van der Waals surface area contributed by atoms with Crippen LogP contribution in [0.25, 0.3) is 0 Å². The Balaban J connectivity index is 0. The first kappa shape index (κ1) is 13.7. The summed E-state index contributed by atoms with van der Waals surface area (Å²) in [4.78, 5) is 1.65. The molecule has 8 heteroatoms. The molecule has 74 valence electrons. The molecule has 0 fully saturated rings. The topological polar surface area (TPSA) is 128 Å². The lowest BCUT2D eigenvalue weighted by atomic mass is 10.6. The van der Waals surface area contributed by atoms with Crippen LogP contribution in [0, 0.1) is 5.41 Å². The van der Waals surface area contributed by atoms with Crippen LogP contribution in [-0.2, 0) is 10.4 Å². The van der Waals surface area contributed by atoms with Crippen molar-refractivity contribution in [3.05, 3.63) is 0 Å². The number of nitrogens with two attached hydrogens (primary N) is 1. The Labute approximate surface area is 71.3 Å². The van der Waals surface area contributed by atoms with E-state index in [0.29, 0.717) is 0 Å². The molecule has 0 atom stereocenters. The molecule has 0 heterocycles. The van der Waals surface area contributed by atoms with Crippen LogP contribution in [-0.4, -0.2) is 42.0 Å². The van der Waals surface area contributed by atoms with Gasteiger partial charge in [0.1, 0.15) is 0 Å². The highest BCUT2D eigenvalue weighted by atomic mass is 32.3. The normalized spacial score (nSPS) is 9.67. The number of nitrogens with one attached hydrogen (secondary N) is 1. The van der Waals surface area contributed by atoms with Crippen LogP contribution in [0.2, 0.25) is 0 Å². The van der Waals surface area contributed by atoms with Crippen LogP contribution >= 0.6 is 0 Å². The summed E-state index contributed by atoms with van der Waals surface area (Å²) in [6, 6.07) is 0. The van der Waals surface area contributed by atoms with Gasteiger partial charge in [0.2, 0.25) is 0 Å². The van der Waals surface area contributed by atoms with Crippen molar-refractivity contribution in [2.45, 2.75) is 6.92 Å². The Bertz CT molecular complexity index is 216. The van der Waals surface area contributed by atoms with Gasteiger partial charge in [-0.05, 0) is 6.92 Å². The molecule has 0 aliphatic carbocycles. The molecule has 0 saturated heterocycles. The second-order valence-electron chi connectivity index (χ2n) is 1.85. The summed E-state index contributed by atoms with van der Waals surface area (Å²) >= 11 is 0. The lowest BCUT2D eigenvalue weighted by Crippen LogP contribution is -2.32. The smallest absolute Gasteiger partial charge is 0.370 e. The highest BCUT2D eigenvalue weighted by Crippen LogP contribution is 1.73. The summed E-state index contributed by atoms with van der Waals surface area (Å²) in [5.74, 6) is 0.127. The summed E-state index contributed by atoms with van der Waals surface area (Å²) in [5.41, 5.74) is 5.06. The number of hydrogen-bond acceptors (Lipinski definition) is 3. The van der Waals surface area contributed by atoms with Crippen LogP contribution < -0.4 is 5.73 Å². The molecule has 0 aliphatic rings. The monoisotopic (exact) mass is 199 g/mol. The third-order valence-electron chi connectivity index (χ3n) is 0.886. The number of nitrogens with zero attached hydrogens (tertiary/aromatic N) is 1. The van der Waals surface area contributed by atoms with Crippen LogP contribution in [0.5, 0.6) is 0 Å². The minimum Gasteiger partial charge on any atom is -0.370 e. The summed E-state index contributed by atoms with van der Waals surface area (Å²) in [6.07, 6.45) is 0. The van der Waals surface area contributed by atoms with Gasteiger partial charge >= 0.3 is 10.4 Å². The maximum absolute atomic E-state index is 8.74. The van der Waals surface area contributed by atoms with Crippen LogP contribution in [0.4, 0.5) is 0 Å². The predicted octanol–water partition coefficient (Wildman–Crippen LogP) is -0.821. The first-order valence-electron chi connectivity index (χ1n) is 2.93. The van der Waals surface area contributed by atoms with Crippen molar-refractivity contribution >= 4 is 16.4 Å². The summed E-state index contributed by atoms with van der Waals surface area (Å²) in [5, 5.41) is 6.80. The number of rotatable bonds is 1. The fourth-order valence-electron chi connectivity index (χ4n) is 0.170. The second kappa shape index (κ2) is 5.75. The average molecular weight is 199 g/mol. The zero-order chi connectivity index (χ0) is 10.4. The Morgan fingerprint density at radius 2 is 1.83 bits per heavy atom. The van der Waals surface area contributed by atoms with Gasteiger partial charge in [0.25, 0.3) is 0 Å². The molecule has 7 nitrogen and oxygen atoms in total. The standard InChI is InChI=1S/C4H11N3.H2O4S/c1-3-7(2)4(5)6;1-5(2,3)4/h3H2,1-2H3,(H3,5,6);(H2,1,2,3,4). The maximum Gasteiger partial charge on any atom is 0.394 e. The van der Waals surface area contributed by atoms with Crippen molar-refractivity contribution in [3.63, 3.8) is 0 Å². The van der Waals surface area contributed by atoms with E-state index >= 15 is 0 Å².